The lowest BCUT2D eigenvalue weighted by molar-refractivity contribution is -0.259. The smallest absolute Gasteiger partial charge is 0.219 e. The monoisotopic (exact) mass is 450 g/mol. The Morgan fingerprint density at radius 1 is 0.697 bits per heavy atom. The molecule has 1 saturated heterocycles. The lowest BCUT2D eigenvalue weighted by Gasteiger charge is -2.29. The third-order valence-electron chi connectivity index (χ3n) is 5.64. The van der Waals surface area contributed by atoms with E-state index < -0.39 is 30.7 Å². The highest BCUT2D eigenvalue weighted by Gasteiger charge is 2.56. The van der Waals surface area contributed by atoms with Crippen LogP contribution in [0, 0.1) is 0 Å². The second-order valence-electron chi connectivity index (χ2n) is 8.14. The van der Waals surface area contributed by atoms with E-state index >= 15 is 0 Å². The van der Waals surface area contributed by atoms with Crippen molar-refractivity contribution in [3.63, 3.8) is 0 Å². The van der Waals surface area contributed by atoms with Gasteiger partial charge in [-0.1, -0.05) is 91.0 Å². The van der Waals surface area contributed by atoms with Gasteiger partial charge in [0.1, 0.15) is 18.3 Å². The summed E-state index contributed by atoms with van der Waals surface area (Å²) >= 11 is 0. The van der Waals surface area contributed by atoms with Gasteiger partial charge in [0.25, 0.3) is 0 Å². The average molecular weight is 451 g/mol. The van der Waals surface area contributed by atoms with E-state index in [1.54, 1.807) is 0 Å². The highest BCUT2D eigenvalue weighted by molar-refractivity contribution is 5.15. The second-order valence-corrected chi connectivity index (χ2v) is 8.14. The highest BCUT2D eigenvalue weighted by atomic mass is 16.7. The molecule has 1 aliphatic heterocycles. The summed E-state index contributed by atoms with van der Waals surface area (Å²) in [5.74, 6) is -1.89. The van der Waals surface area contributed by atoms with Crippen molar-refractivity contribution in [2.75, 3.05) is 13.2 Å². The quantitative estimate of drug-likeness (QED) is 0.466. The Bertz CT molecular complexity index is 952. The van der Waals surface area contributed by atoms with E-state index in [1.165, 1.54) is 0 Å². The summed E-state index contributed by atoms with van der Waals surface area (Å²) in [6.45, 7) is 0.532. The normalized spacial score (nSPS) is 24.7. The van der Waals surface area contributed by atoms with Crippen LogP contribution in [0.3, 0.4) is 0 Å². The Hall–Kier alpha value is -2.58. The van der Waals surface area contributed by atoms with E-state index in [1.807, 2.05) is 91.0 Å². The van der Waals surface area contributed by atoms with E-state index in [4.69, 9.17) is 18.9 Å². The van der Waals surface area contributed by atoms with Gasteiger partial charge >= 0.3 is 0 Å². The first-order valence-corrected chi connectivity index (χ1v) is 11.1. The fraction of sp³-hybridized carbons (Fsp3) is 0.333. The SMILES string of the molecule is OCC1(O)O[C@H](COCc2ccccc2)[C@@H](OCc2ccccc2)[C@@H]1OCc1ccccc1. The van der Waals surface area contributed by atoms with Crippen LogP contribution in [0.25, 0.3) is 0 Å². The number of hydrogen-bond acceptors (Lipinski definition) is 6. The van der Waals surface area contributed by atoms with Crippen molar-refractivity contribution in [1.82, 2.24) is 0 Å². The number of aliphatic hydroxyl groups excluding tert-OH is 1. The van der Waals surface area contributed by atoms with Crippen LogP contribution in [0.1, 0.15) is 16.7 Å². The molecule has 4 rings (SSSR count). The van der Waals surface area contributed by atoms with Gasteiger partial charge in [0.05, 0.1) is 33.0 Å². The molecule has 1 aliphatic rings. The number of ether oxygens (including phenoxy) is 4. The molecule has 4 atom stereocenters. The molecule has 3 aromatic rings. The van der Waals surface area contributed by atoms with Crippen LogP contribution in [-0.2, 0) is 38.8 Å². The van der Waals surface area contributed by atoms with Gasteiger partial charge in [0.2, 0.25) is 5.79 Å². The van der Waals surface area contributed by atoms with Crippen molar-refractivity contribution in [1.29, 1.82) is 0 Å². The molecular weight excluding hydrogens is 420 g/mol. The van der Waals surface area contributed by atoms with Crippen molar-refractivity contribution in [2.24, 2.45) is 0 Å². The Morgan fingerprint density at radius 2 is 1.18 bits per heavy atom. The first kappa shape index (κ1) is 23.6. The minimum Gasteiger partial charge on any atom is -0.391 e. The molecule has 0 amide bonds. The van der Waals surface area contributed by atoms with E-state index in [0.29, 0.717) is 13.2 Å². The van der Waals surface area contributed by atoms with E-state index in [2.05, 4.69) is 0 Å². The van der Waals surface area contributed by atoms with Gasteiger partial charge in [0.15, 0.2) is 0 Å². The molecule has 6 heteroatoms. The molecule has 0 spiro atoms. The van der Waals surface area contributed by atoms with Crippen LogP contribution in [0.15, 0.2) is 91.0 Å². The molecule has 2 N–H and O–H groups in total. The highest BCUT2D eigenvalue weighted by Crippen LogP contribution is 2.35. The maximum absolute atomic E-state index is 11.1. The van der Waals surface area contributed by atoms with Crippen LogP contribution < -0.4 is 0 Å². The standard InChI is InChI=1S/C27H30O6/c28-20-27(29)26(32-18-23-14-8-3-9-15-23)25(31-17-22-12-6-2-7-13-22)24(33-27)19-30-16-21-10-4-1-5-11-21/h1-15,24-26,28-29H,16-20H2/t24-,25-,26+,27?/m1/s1. The second kappa shape index (κ2) is 11.5. The number of aliphatic hydroxyl groups is 2. The van der Waals surface area contributed by atoms with Gasteiger partial charge in [-0.15, -0.1) is 0 Å². The summed E-state index contributed by atoms with van der Waals surface area (Å²) in [4.78, 5) is 0. The molecular formula is C27H30O6. The topological polar surface area (TPSA) is 77.4 Å². The van der Waals surface area contributed by atoms with E-state index in [-0.39, 0.29) is 13.2 Å². The molecule has 1 heterocycles. The first-order chi connectivity index (χ1) is 16.2. The maximum atomic E-state index is 11.1. The molecule has 33 heavy (non-hydrogen) atoms. The average Bonchev–Trinajstić information content (AvgIpc) is 3.14. The van der Waals surface area contributed by atoms with Crippen molar-refractivity contribution < 1.29 is 29.2 Å². The van der Waals surface area contributed by atoms with E-state index in [9.17, 15) is 10.2 Å². The summed E-state index contributed by atoms with van der Waals surface area (Å²) in [5, 5.41) is 21.0. The lowest BCUT2D eigenvalue weighted by Crippen LogP contribution is -2.48. The van der Waals surface area contributed by atoms with Gasteiger partial charge < -0.3 is 29.2 Å². The predicted molar refractivity (Wildman–Crippen MR) is 123 cm³/mol. The third kappa shape index (κ3) is 6.26. The van der Waals surface area contributed by atoms with E-state index in [0.717, 1.165) is 16.7 Å². The van der Waals surface area contributed by atoms with Crippen LogP contribution in [-0.4, -0.2) is 47.5 Å². The zero-order chi connectivity index (χ0) is 22.9. The largest absolute Gasteiger partial charge is 0.391 e. The van der Waals surface area contributed by atoms with Crippen molar-refractivity contribution >= 4 is 0 Å². The molecule has 0 radical (unpaired) electrons. The predicted octanol–water partition coefficient (Wildman–Crippen LogP) is 3.45. The first-order valence-electron chi connectivity index (χ1n) is 11.1. The molecule has 0 bridgehead atoms. The molecule has 0 aromatic heterocycles. The summed E-state index contributed by atoms with van der Waals surface area (Å²) in [5.41, 5.74) is 2.97. The number of benzene rings is 3. The molecule has 1 fully saturated rings. The van der Waals surface area contributed by atoms with Crippen LogP contribution >= 0.6 is 0 Å². The van der Waals surface area contributed by atoms with Gasteiger partial charge in [-0.3, -0.25) is 0 Å². The van der Waals surface area contributed by atoms with Crippen molar-refractivity contribution in [3.8, 4) is 0 Å². The van der Waals surface area contributed by atoms with Crippen molar-refractivity contribution in [3.05, 3.63) is 108 Å². The summed E-state index contributed by atoms with van der Waals surface area (Å²) in [6.07, 6.45) is -2.14. The minimum atomic E-state index is -1.89. The Kier molecular flexibility index (Phi) is 8.23. The summed E-state index contributed by atoms with van der Waals surface area (Å²) in [7, 11) is 0. The number of rotatable bonds is 11. The molecule has 6 nitrogen and oxygen atoms in total. The number of hydrogen-bond donors (Lipinski definition) is 2. The fourth-order valence-corrected chi connectivity index (χ4v) is 3.92. The Morgan fingerprint density at radius 3 is 1.70 bits per heavy atom. The maximum Gasteiger partial charge on any atom is 0.219 e. The summed E-state index contributed by atoms with van der Waals surface area (Å²) < 4.78 is 24.0. The minimum absolute atomic E-state index is 0.182. The van der Waals surface area contributed by atoms with Gasteiger partial charge in [-0.2, -0.15) is 0 Å². The lowest BCUT2D eigenvalue weighted by atomic mass is 10.0. The molecule has 3 aromatic carbocycles. The molecule has 0 aliphatic carbocycles. The Balaban J connectivity index is 1.47. The molecule has 0 saturated carbocycles. The van der Waals surface area contributed by atoms with Gasteiger partial charge in [-0.25, -0.2) is 0 Å². The fourth-order valence-electron chi connectivity index (χ4n) is 3.92. The molecule has 1 unspecified atom stereocenters. The molecule has 174 valence electrons. The van der Waals surface area contributed by atoms with Gasteiger partial charge in [0, 0.05) is 0 Å². The van der Waals surface area contributed by atoms with Gasteiger partial charge in [-0.05, 0) is 16.7 Å². The zero-order valence-corrected chi connectivity index (χ0v) is 18.5. The summed E-state index contributed by atoms with van der Waals surface area (Å²) in [6, 6.07) is 29.2. The Labute approximate surface area is 194 Å². The van der Waals surface area contributed by atoms with Crippen LogP contribution in [0.4, 0.5) is 0 Å². The van der Waals surface area contributed by atoms with Crippen molar-refractivity contribution in [2.45, 2.75) is 43.9 Å². The zero-order valence-electron chi connectivity index (χ0n) is 18.5. The third-order valence-corrected chi connectivity index (χ3v) is 5.64. The van der Waals surface area contributed by atoms with Crippen LogP contribution in [0.5, 0.6) is 0 Å². The van der Waals surface area contributed by atoms with Crippen LogP contribution in [0.2, 0.25) is 0 Å².